The fraction of sp³-hybridized carbons (Fsp3) is 0.500. The number of benzene rings is 1. The second-order valence-corrected chi connectivity index (χ2v) is 4.45. The number of hydrogen-bond donors (Lipinski definition) is 0. The van der Waals surface area contributed by atoms with Crippen molar-refractivity contribution >= 4 is 5.91 Å². The van der Waals surface area contributed by atoms with Crippen LogP contribution in [0.15, 0.2) is 12.1 Å². The third-order valence-electron chi connectivity index (χ3n) is 3.00. The fourth-order valence-electron chi connectivity index (χ4n) is 1.96. The second-order valence-electron chi connectivity index (χ2n) is 4.45. The zero-order valence-electron chi connectivity index (χ0n) is 11.3. The van der Waals surface area contributed by atoms with Gasteiger partial charge in [-0.15, -0.1) is 0 Å². The molecule has 0 saturated carbocycles. The Bertz CT molecular complexity index is 390. The number of carbonyl (C=O) groups excluding carboxylic acids is 1. The molecule has 0 heterocycles. The highest BCUT2D eigenvalue weighted by Crippen LogP contribution is 2.24. The van der Waals surface area contributed by atoms with Crippen LogP contribution in [-0.2, 0) is 11.2 Å². The van der Waals surface area contributed by atoms with Crippen LogP contribution in [0.4, 0.5) is 0 Å². The van der Waals surface area contributed by atoms with Gasteiger partial charge in [-0.1, -0.05) is 12.1 Å². The maximum Gasteiger partial charge on any atom is 0.219 e. The minimum absolute atomic E-state index is 0.104. The highest BCUT2D eigenvalue weighted by Gasteiger charge is 2.07. The molecule has 1 aromatic carbocycles. The van der Waals surface area contributed by atoms with E-state index in [2.05, 4.69) is 12.1 Å². The molecule has 0 spiro atoms. The number of aryl methyl sites for hydroxylation is 2. The molecule has 3 nitrogen and oxygen atoms in total. The first-order valence-corrected chi connectivity index (χ1v) is 5.81. The van der Waals surface area contributed by atoms with Crippen molar-refractivity contribution in [2.24, 2.45) is 0 Å². The van der Waals surface area contributed by atoms with E-state index in [1.807, 2.05) is 20.9 Å². The summed E-state index contributed by atoms with van der Waals surface area (Å²) in [5.74, 6) is 1.06. The number of ether oxygens (including phenoxy) is 1. The van der Waals surface area contributed by atoms with Gasteiger partial charge in [0.2, 0.25) is 5.91 Å². The van der Waals surface area contributed by atoms with E-state index in [1.54, 1.807) is 18.9 Å². The smallest absolute Gasteiger partial charge is 0.219 e. The van der Waals surface area contributed by atoms with Crippen molar-refractivity contribution in [3.63, 3.8) is 0 Å². The van der Waals surface area contributed by atoms with E-state index in [1.165, 1.54) is 5.56 Å². The van der Waals surface area contributed by atoms with Crippen molar-refractivity contribution in [2.75, 3.05) is 20.7 Å². The normalized spacial score (nSPS) is 10.2. The molecule has 0 fully saturated rings. The molecule has 0 radical (unpaired) electrons. The topological polar surface area (TPSA) is 29.5 Å². The van der Waals surface area contributed by atoms with Gasteiger partial charge >= 0.3 is 0 Å². The number of rotatable bonds is 4. The van der Waals surface area contributed by atoms with Gasteiger partial charge in [-0.05, 0) is 37.0 Å². The summed E-state index contributed by atoms with van der Waals surface area (Å²) in [5, 5.41) is 0. The number of likely N-dealkylation sites (N-methyl/N-ethyl adjacent to an activating group) is 1. The Hall–Kier alpha value is -1.51. The number of hydrogen-bond acceptors (Lipinski definition) is 2. The van der Waals surface area contributed by atoms with E-state index in [0.717, 1.165) is 29.8 Å². The van der Waals surface area contributed by atoms with Gasteiger partial charge in [0.1, 0.15) is 5.75 Å². The summed E-state index contributed by atoms with van der Waals surface area (Å²) in [6.45, 7) is 6.43. The van der Waals surface area contributed by atoms with Gasteiger partial charge in [0, 0.05) is 20.5 Å². The van der Waals surface area contributed by atoms with Gasteiger partial charge in [-0.2, -0.15) is 0 Å². The van der Waals surface area contributed by atoms with Gasteiger partial charge in [0.05, 0.1) is 7.11 Å². The quantitative estimate of drug-likeness (QED) is 0.801. The van der Waals surface area contributed by atoms with Crippen LogP contribution < -0.4 is 4.74 Å². The molecule has 1 rings (SSSR count). The molecule has 3 heteroatoms. The van der Waals surface area contributed by atoms with Crippen LogP contribution in [0, 0.1) is 13.8 Å². The molecule has 94 valence electrons. The molecule has 0 atom stereocenters. The predicted octanol–water partition coefficient (Wildman–Crippen LogP) is 2.33. The van der Waals surface area contributed by atoms with E-state index in [0.29, 0.717) is 0 Å². The number of nitrogens with zero attached hydrogens (tertiary/aromatic N) is 1. The zero-order valence-corrected chi connectivity index (χ0v) is 11.3. The van der Waals surface area contributed by atoms with E-state index in [4.69, 9.17) is 4.74 Å². The van der Waals surface area contributed by atoms with Crippen molar-refractivity contribution in [2.45, 2.75) is 27.2 Å². The molecule has 17 heavy (non-hydrogen) atoms. The first-order chi connectivity index (χ1) is 7.95. The molecule has 0 saturated heterocycles. The highest BCUT2D eigenvalue weighted by atomic mass is 16.5. The van der Waals surface area contributed by atoms with Crippen molar-refractivity contribution < 1.29 is 9.53 Å². The average Bonchev–Trinajstić information content (AvgIpc) is 2.25. The zero-order chi connectivity index (χ0) is 13.0. The van der Waals surface area contributed by atoms with Gasteiger partial charge in [0.15, 0.2) is 0 Å². The molecule has 0 bridgehead atoms. The first kappa shape index (κ1) is 13.6. The molecule has 0 N–H and O–H groups in total. The highest BCUT2D eigenvalue weighted by molar-refractivity contribution is 5.72. The van der Waals surface area contributed by atoms with Crippen molar-refractivity contribution in [1.29, 1.82) is 0 Å². The van der Waals surface area contributed by atoms with Crippen LogP contribution in [0.3, 0.4) is 0 Å². The van der Waals surface area contributed by atoms with Crippen LogP contribution >= 0.6 is 0 Å². The lowest BCUT2D eigenvalue weighted by Crippen LogP contribution is -2.26. The molecule has 0 aliphatic heterocycles. The van der Waals surface area contributed by atoms with Gasteiger partial charge in [-0.3, -0.25) is 4.79 Å². The summed E-state index contributed by atoms with van der Waals surface area (Å²) in [4.78, 5) is 12.8. The van der Waals surface area contributed by atoms with Crippen LogP contribution in [0.2, 0.25) is 0 Å². The Kier molecular flexibility index (Phi) is 4.55. The SMILES string of the molecule is COc1c(C)cc(CCN(C)C(C)=O)cc1C. The maximum absolute atomic E-state index is 11.1. The number of carbonyl (C=O) groups is 1. The van der Waals surface area contributed by atoms with E-state index in [9.17, 15) is 4.79 Å². The number of methoxy groups -OCH3 is 1. The lowest BCUT2D eigenvalue weighted by molar-refractivity contribution is -0.127. The van der Waals surface area contributed by atoms with Crippen LogP contribution in [-0.4, -0.2) is 31.5 Å². The second kappa shape index (κ2) is 5.71. The first-order valence-electron chi connectivity index (χ1n) is 5.81. The molecule has 0 aromatic heterocycles. The molecule has 0 unspecified atom stereocenters. The summed E-state index contributed by atoms with van der Waals surface area (Å²) in [6, 6.07) is 4.25. The minimum atomic E-state index is 0.104. The Morgan fingerprint density at radius 3 is 2.24 bits per heavy atom. The fourth-order valence-corrected chi connectivity index (χ4v) is 1.96. The summed E-state index contributed by atoms with van der Waals surface area (Å²) >= 11 is 0. The maximum atomic E-state index is 11.1. The molecular weight excluding hydrogens is 214 g/mol. The van der Waals surface area contributed by atoms with Crippen molar-refractivity contribution in [3.8, 4) is 5.75 Å². The Morgan fingerprint density at radius 1 is 1.29 bits per heavy atom. The average molecular weight is 235 g/mol. The summed E-state index contributed by atoms with van der Waals surface area (Å²) in [5.41, 5.74) is 3.54. The van der Waals surface area contributed by atoms with Gasteiger partial charge in [-0.25, -0.2) is 0 Å². The molecule has 1 amide bonds. The Balaban J connectivity index is 2.77. The minimum Gasteiger partial charge on any atom is -0.496 e. The van der Waals surface area contributed by atoms with Crippen molar-refractivity contribution in [3.05, 3.63) is 28.8 Å². The molecule has 0 aliphatic carbocycles. The largest absolute Gasteiger partial charge is 0.496 e. The molecule has 1 aromatic rings. The van der Waals surface area contributed by atoms with Gasteiger partial charge in [0.25, 0.3) is 0 Å². The van der Waals surface area contributed by atoms with Crippen LogP contribution in [0.5, 0.6) is 5.75 Å². The summed E-state index contributed by atoms with van der Waals surface area (Å²) in [6.07, 6.45) is 0.877. The number of amides is 1. The Labute approximate surface area is 103 Å². The van der Waals surface area contributed by atoms with E-state index < -0.39 is 0 Å². The van der Waals surface area contributed by atoms with Gasteiger partial charge < -0.3 is 9.64 Å². The van der Waals surface area contributed by atoms with Crippen LogP contribution in [0.25, 0.3) is 0 Å². The lowest BCUT2D eigenvalue weighted by atomic mass is 10.0. The van der Waals surface area contributed by atoms with E-state index in [-0.39, 0.29) is 5.91 Å². The summed E-state index contributed by atoms with van der Waals surface area (Å²) in [7, 11) is 3.52. The standard InChI is InChI=1S/C14H21NO2/c1-10-8-13(6-7-15(4)12(3)16)9-11(2)14(10)17-5/h8-9H,6-7H2,1-5H3. The molecular formula is C14H21NO2. The third kappa shape index (κ3) is 3.48. The third-order valence-corrected chi connectivity index (χ3v) is 3.00. The predicted molar refractivity (Wildman–Crippen MR) is 69.5 cm³/mol. The van der Waals surface area contributed by atoms with Crippen molar-refractivity contribution in [1.82, 2.24) is 4.90 Å². The summed E-state index contributed by atoms with van der Waals surface area (Å²) < 4.78 is 5.33. The lowest BCUT2D eigenvalue weighted by Gasteiger charge is -2.16. The van der Waals surface area contributed by atoms with E-state index >= 15 is 0 Å². The monoisotopic (exact) mass is 235 g/mol. The van der Waals surface area contributed by atoms with Crippen LogP contribution in [0.1, 0.15) is 23.6 Å². The Morgan fingerprint density at radius 2 is 1.82 bits per heavy atom. The molecule has 0 aliphatic rings.